The normalized spacial score (nSPS) is 12.7. The van der Waals surface area contributed by atoms with Crippen LogP contribution in [0.15, 0.2) is 59.0 Å². The SMILES string of the molecule is Cc1cccc2cc(C(N)CCCc3ccccc3)oc12. The lowest BCUT2D eigenvalue weighted by Gasteiger charge is -2.08. The lowest BCUT2D eigenvalue weighted by atomic mass is 10.0. The van der Waals surface area contributed by atoms with Gasteiger partial charge < -0.3 is 10.2 Å². The number of hydrogen-bond donors (Lipinski definition) is 1. The van der Waals surface area contributed by atoms with Crippen molar-refractivity contribution in [3.63, 3.8) is 0 Å². The maximum absolute atomic E-state index is 6.28. The van der Waals surface area contributed by atoms with Gasteiger partial charge in [-0.15, -0.1) is 0 Å². The number of hydrogen-bond acceptors (Lipinski definition) is 2. The second-order valence-electron chi connectivity index (χ2n) is 5.63. The summed E-state index contributed by atoms with van der Waals surface area (Å²) >= 11 is 0. The fourth-order valence-electron chi connectivity index (χ4n) is 2.72. The molecule has 0 aliphatic carbocycles. The topological polar surface area (TPSA) is 39.2 Å². The van der Waals surface area contributed by atoms with E-state index in [1.54, 1.807) is 0 Å². The Hall–Kier alpha value is -2.06. The van der Waals surface area contributed by atoms with Gasteiger partial charge in [0.05, 0.1) is 6.04 Å². The standard InChI is InChI=1S/C19H21NO/c1-14-7-5-11-16-13-18(21-19(14)16)17(20)12-6-10-15-8-3-2-4-9-15/h2-5,7-9,11,13,17H,6,10,12,20H2,1H3. The lowest BCUT2D eigenvalue weighted by Crippen LogP contribution is -2.09. The van der Waals surface area contributed by atoms with Gasteiger partial charge in [-0.05, 0) is 43.4 Å². The first-order valence-electron chi connectivity index (χ1n) is 7.52. The highest BCUT2D eigenvalue weighted by molar-refractivity contribution is 5.80. The van der Waals surface area contributed by atoms with Crippen LogP contribution in [0.25, 0.3) is 11.0 Å². The highest BCUT2D eigenvalue weighted by Gasteiger charge is 2.12. The van der Waals surface area contributed by atoms with E-state index in [-0.39, 0.29) is 6.04 Å². The number of furan rings is 1. The highest BCUT2D eigenvalue weighted by atomic mass is 16.3. The van der Waals surface area contributed by atoms with E-state index in [1.807, 2.05) is 6.07 Å². The van der Waals surface area contributed by atoms with Gasteiger partial charge in [-0.3, -0.25) is 0 Å². The van der Waals surface area contributed by atoms with E-state index in [9.17, 15) is 0 Å². The van der Waals surface area contributed by atoms with Gasteiger partial charge in [0.1, 0.15) is 11.3 Å². The summed E-state index contributed by atoms with van der Waals surface area (Å²) in [6.45, 7) is 2.07. The van der Waals surface area contributed by atoms with Gasteiger partial charge in [0.15, 0.2) is 0 Å². The molecule has 2 nitrogen and oxygen atoms in total. The molecule has 2 heteroatoms. The molecular formula is C19H21NO. The molecule has 2 N–H and O–H groups in total. The molecule has 0 saturated heterocycles. The molecule has 108 valence electrons. The molecule has 1 atom stereocenters. The quantitative estimate of drug-likeness (QED) is 0.731. The van der Waals surface area contributed by atoms with Crippen molar-refractivity contribution in [2.75, 3.05) is 0 Å². The number of para-hydroxylation sites is 1. The Morgan fingerprint density at radius 2 is 1.86 bits per heavy atom. The second kappa shape index (κ2) is 6.15. The van der Waals surface area contributed by atoms with Gasteiger partial charge in [0, 0.05) is 5.39 Å². The number of fused-ring (bicyclic) bond motifs is 1. The first-order chi connectivity index (χ1) is 10.2. The van der Waals surface area contributed by atoms with Crippen LogP contribution >= 0.6 is 0 Å². The van der Waals surface area contributed by atoms with Crippen molar-refractivity contribution in [3.05, 3.63) is 71.5 Å². The van der Waals surface area contributed by atoms with Crippen LogP contribution in [-0.2, 0) is 6.42 Å². The van der Waals surface area contributed by atoms with Crippen molar-refractivity contribution >= 4 is 11.0 Å². The second-order valence-corrected chi connectivity index (χ2v) is 5.63. The van der Waals surface area contributed by atoms with Gasteiger partial charge in [0.25, 0.3) is 0 Å². The average molecular weight is 279 g/mol. The summed E-state index contributed by atoms with van der Waals surface area (Å²) in [5.74, 6) is 0.896. The molecule has 3 aromatic rings. The minimum absolute atomic E-state index is 0.0273. The molecule has 0 radical (unpaired) electrons. The fraction of sp³-hybridized carbons (Fsp3) is 0.263. The molecule has 0 amide bonds. The lowest BCUT2D eigenvalue weighted by molar-refractivity contribution is 0.469. The first-order valence-corrected chi connectivity index (χ1v) is 7.52. The van der Waals surface area contributed by atoms with Crippen LogP contribution in [0.2, 0.25) is 0 Å². The molecule has 0 aliphatic rings. The Bertz CT molecular complexity index is 715. The van der Waals surface area contributed by atoms with E-state index in [2.05, 4.69) is 55.5 Å². The summed E-state index contributed by atoms with van der Waals surface area (Å²) in [7, 11) is 0. The molecule has 1 unspecified atom stereocenters. The zero-order chi connectivity index (χ0) is 14.7. The van der Waals surface area contributed by atoms with Crippen molar-refractivity contribution in [1.82, 2.24) is 0 Å². The Morgan fingerprint density at radius 1 is 1.05 bits per heavy atom. The van der Waals surface area contributed by atoms with Crippen molar-refractivity contribution in [3.8, 4) is 0 Å². The molecule has 1 heterocycles. The third kappa shape index (κ3) is 3.17. The Balaban J connectivity index is 1.64. The minimum atomic E-state index is -0.0273. The Kier molecular flexibility index (Phi) is 4.07. The van der Waals surface area contributed by atoms with Crippen molar-refractivity contribution in [2.24, 2.45) is 5.73 Å². The monoisotopic (exact) mass is 279 g/mol. The summed E-state index contributed by atoms with van der Waals surface area (Å²) in [6.07, 6.45) is 3.07. The third-order valence-corrected chi connectivity index (χ3v) is 3.95. The first kappa shape index (κ1) is 13.9. The fourth-order valence-corrected chi connectivity index (χ4v) is 2.72. The average Bonchev–Trinajstić information content (AvgIpc) is 2.94. The van der Waals surface area contributed by atoms with Crippen LogP contribution < -0.4 is 5.73 Å². The van der Waals surface area contributed by atoms with E-state index in [1.165, 1.54) is 5.56 Å². The summed E-state index contributed by atoms with van der Waals surface area (Å²) in [5, 5.41) is 1.14. The molecule has 0 bridgehead atoms. The smallest absolute Gasteiger partial charge is 0.137 e. The summed E-state index contributed by atoms with van der Waals surface area (Å²) in [6, 6.07) is 18.8. The number of nitrogens with two attached hydrogens (primary N) is 1. The molecule has 0 spiro atoms. The Morgan fingerprint density at radius 3 is 2.62 bits per heavy atom. The van der Waals surface area contributed by atoms with Gasteiger partial charge in [0.2, 0.25) is 0 Å². The maximum Gasteiger partial charge on any atom is 0.137 e. The van der Waals surface area contributed by atoms with Crippen LogP contribution in [0.5, 0.6) is 0 Å². The van der Waals surface area contributed by atoms with E-state index < -0.39 is 0 Å². The summed E-state index contributed by atoms with van der Waals surface area (Å²) in [5.41, 5.74) is 9.77. The number of rotatable bonds is 5. The predicted molar refractivity (Wildman–Crippen MR) is 87.3 cm³/mol. The van der Waals surface area contributed by atoms with Crippen molar-refractivity contribution < 1.29 is 4.42 Å². The zero-order valence-corrected chi connectivity index (χ0v) is 12.4. The molecule has 0 fully saturated rings. The van der Waals surface area contributed by atoms with Gasteiger partial charge in [-0.2, -0.15) is 0 Å². The number of aryl methyl sites for hydroxylation is 2. The predicted octanol–water partition coefficient (Wildman–Crippen LogP) is 4.76. The van der Waals surface area contributed by atoms with Crippen LogP contribution in [0, 0.1) is 6.92 Å². The van der Waals surface area contributed by atoms with E-state index in [4.69, 9.17) is 10.2 Å². The van der Waals surface area contributed by atoms with E-state index in [0.717, 1.165) is 41.6 Å². The van der Waals surface area contributed by atoms with E-state index in [0.29, 0.717) is 0 Å². The van der Waals surface area contributed by atoms with E-state index >= 15 is 0 Å². The maximum atomic E-state index is 6.28. The molecular weight excluding hydrogens is 258 g/mol. The number of benzene rings is 2. The van der Waals surface area contributed by atoms with Crippen LogP contribution in [0.1, 0.15) is 35.8 Å². The summed E-state index contributed by atoms with van der Waals surface area (Å²) < 4.78 is 5.94. The van der Waals surface area contributed by atoms with Gasteiger partial charge >= 0.3 is 0 Å². The molecule has 21 heavy (non-hydrogen) atoms. The van der Waals surface area contributed by atoms with Crippen molar-refractivity contribution in [2.45, 2.75) is 32.2 Å². The molecule has 1 aromatic heterocycles. The van der Waals surface area contributed by atoms with Gasteiger partial charge in [-0.1, -0.05) is 48.5 Å². The molecule has 0 aliphatic heterocycles. The third-order valence-electron chi connectivity index (χ3n) is 3.95. The van der Waals surface area contributed by atoms with Crippen LogP contribution in [-0.4, -0.2) is 0 Å². The molecule has 0 saturated carbocycles. The largest absolute Gasteiger partial charge is 0.459 e. The van der Waals surface area contributed by atoms with Gasteiger partial charge in [-0.25, -0.2) is 0 Å². The minimum Gasteiger partial charge on any atom is -0.459 e. The molecule has 2 aromatic carbocycles. The molecule has 3 rings (SSSR count). The highest BCUT2D eigenvalue weighted by Crippen LogP contribution is 2.27. The van der Waals surface area contributed by atoms with Crippen LogP contribution in [0.4, 0.5) is 0 Å². The summed E-state index contributed by atoms with van der Waals surface area (Å²) in [4.78, 5) is 0. The van der Waals surface area contributed by atoms with Crippen molar-refractivity contribution in [1.29, 1.82) is 0 Å². The Labute approximate surface area is 125 Å². The van der Waals surface area contributed by atoms with Crippen LogP contribution in [0.3, 0.4) is 0 Å². The zero-order valence-electron chi connectivity index (χ0n) is 12.4.